The highest BCUT2D eigenvalue weighted by Crippen LogP contribution is 2.52. The highest BCUT2D eigenvalue weighted by Gasteiger charge is 2.48. The minimum Gasteiger partial charge on any atom is -0.481 e. The smallest absolute Gasteiger partial charge is 0.306 e. The molecule has 1 N–H and O–H groups in total. The molecule has 22 heavy (non-hydrogen) atoms. The van der Waals surface area contributed by atoms with Crippen LogP contribution < -0.4 is 4.90 Å². The molecule has 2 fully saturated rings. The van der Waals surface area contributed by atoms with Gasteiger partial charge >= 0.3 is 5.97 Å². The third kappa shape index (κ3) is 2.82. The zero-order valence-electron chi connectivity index (χ0n) is 12.5. The van der Waals surface area contributed by atoms with Gasteiger partial charge in [0.1, 0.15) is 5.82 Å². The van der Waals surface area contributed by atoms with Gasteiger partial charge < -0.3 is 10.0 Å². The lowest BCUT2D eigenvalue weighted by molar-refractivity contribution is -0.151. The standard InChI is InChI=1S/C15H20N2O4S/c1-22(20,21)13-4-2-3-12(16-13)17-7-5-15(6-8-17)9-11(10-15)14(18)19/h2-4,11H,5-10H2,1H3,(H,18,19). The molecule has 1 aliphatic heterocycles. The van der Waals surface area contributed by atoms with E-state index in [1.807, 2.05) is 6.07 Å². The van der Waals surface area contributed by atoms with E-state index in [1.165, 1.54) is 6.07 Å². The van der Waals surface area contributed by atoms with Crippen LogP contribution in [0.3, 0.4) is 0 Å². The maximum Gasteiger partial charge on any atom is 0.306 e. The van der Waals surface area contributed by atoms with Gasteiger partial charge in [0.15, 0.2) is 14.9 Å². The second kappa shape index (κ2) is 5.22. The monoisotopic (exact) mass is 324 g/mol. The van der Waals surface area contributed by atoms with Crippen molar-refractivity contribution in [2.45, 2.75) is 30.7 Å². The fourth-order valence-corrected chi connectivity index (χ4v) is 4.15. The maximum absolute atomic E-state index is 11.6. The molecule has 0 bridgehead atoms. The number of pyridine rings is 1. The van der Waals surface area contributed by atoms with Gasteiger partial charge in [0.2, 0.25) is 0 Å². The average Bonchev–Trinajstić information content (AvgIpc) is 2.44. The lowest BCUT2D eigenvalue weighted by atomic mass is 9.57. The average molecular weight is 324 g/mol. The molecule has 1 saturated heterocycles. The van der Waals surface area contributed by atoms with E-state index < -0.39 is 15.8 Å². The molecule has 1 aromatic heterocycles. The zero-order valence-corrected chi connectivity index (χ0v) is 13.3. The first-order valence-electron chi connectivity index (χ1n) is 7.44. The summed E-state index contributed by atoms with van der Waals surface area (Å²) < 4.78 is 23.2. The van der Waals surface area contributed by atoms with E-state index in [4.69, 9.17) is 5.11 Å². The Bertz CT molecular complexity index is 685. The number of aromatic nitrogens is 1. The van der Waals surface area contributed by atoms with Crippen LogP contribution in [-0.4, -0.2) is 43.8 Å². The van der Waals surface area contributed by atoms with Gasteiger partial charge in [0, 0.05) is 19.3 Å². The number of rotatable bonds is 3. The highest BCUT2D eigenvalue weighted by atomic mass is 32.2. The first-order valence-corrected chi connectivity index (χ1v) is 9.33. The van der Waals surface area contributed by atoms with Crippen molar-refractivity contribution in [2.24, 2.45) is 11.3 Å². The van der Waals surface area contributed by atoms with E-state index in [1.54, 1.807) is 6.07 Å². The molecule has 0 radical (unpaired) electrons. The Balaban J connectivity index is 1.66. The number of carboxylic acids is 1. The Kier molecular flexibility index (Phi) is 3.63. The summed E-state index contributed by atoms with van der Waals surface area (Å²) >= 11 is 0. The van der Waals surface area contributed by atoms with Crippen LogP contribution in [0.5, 0.6) is 0 Å². The molecule has 7 heteroatoms. The Morgan fingerprint density at radius 3 is 2.50 bits per heavy atom. The lowest BCUT2D eigenvalue weighted by Crippen LogP contribution is -2.49. The predicted octanol–water partition coefficient (Wildman–Crippen LogP) is 1.57. The predicted molar refractivity (Wildman–Crippen MR) is 81.6 cm³/mol. The number of sulfone groups is 1. The summed E-state index contributed by atoms with van der Waals surface area (Å²) in [4.78, 5) is 17.3. The molecule has 6 nitrogen and oxygen atoms in total. The number of hydrogen-bond acceptors (Lipinski definition) is 5. The van der Waals surface area contributed by atoms with Gasteiger partial charge in [-0.15, -0.1) is 0 Å². The molecule has 120 valence electrons. The van der Waals surface area contributed by atoms with Crippen LogP contribution in [0.25, 0.3) is 0 Å². The van der Waals surface area contributed by atoms with Crippen LogP contribution in [0.15, 0.2) is 23.2 Å². The van der Waals surface area contributed by atoms with E-state index >= 15 is 0 Å². The number of aliphatic carboxylic acids is 1. The van der Waals surface area contributed by atoms with Crippen LogP contribution in [0.4, 0.5) is 5.82 Å². The number of anilines is 1. The third-order valence-corrected chi connectivity index (χ3v) is 5.93. The van der Waals surface area contributed by atoms with Gasteiger partial charge in [-0.25, -0.2) is 13.4 Å². The van der Waals surface area contributed by atoms with Crippen LogP contribution in [0.1, 0.15) is 25.7 Å². The molecule has 0 aromatic carbocycles. The van der Waals surface area contributed by atoms with Gasteiger partial charge in [0.25, 0.3) is 0 Å². The van der Waals surface area contributed by atoms with Crippen molar-refractivity contribution < 1.29 is 18.3 Å². The molecule has 1 saturated carbocycles. The topological polar surface area (TPSA) is 87.6 Å². The van der Waals surface area contributed by atoms with Gasteiger partial charge in [-0.2, -0.15) is 0 Å². The first kappa shape index (κ1) is 15.3. The van der Waals surface area contributed by atoms with Crippen LogP contribution >= 0.6 is 0 Å². The van der Waals surface area contributed by atoms with E-state index in [9.17, 15) is 13.2 Å². The van der Waals surface area contributed by atoms with Crippen LogP contribution in [-0.2, 0) is 14.6 Å². The molecule has 1 aliphatic carbocycles. The number of carboxylic acid groups (broad SMARTS) is 1. The quantitative estimate of drug-likeness (QED) is 0.908. The van der Waals surface area contributed by atoms with Crippen molar-refractivity contribution >= 4 is 21.6 Å². The Morgan fingerprint density at radius 2 is 1.95 bits per heavy atom. The number of carbonyl (C=O) groups is 1. The summed E-state index contributed by atoms with van der Waals surface area (Å²) in [5, 5.41) is 9.10. The van der Waals surface area contributed by atoms with Crippen molar-refractivity contribution in [3.05, 3.63) is 18.2 Å². The summed E-state index contributed by atoms with van der Waals surface area (Å²) in [5.41, 5.74) is 0.175. The highest BCUT2D eigenvalue weighted by molar-refractivity contribution is 7.90. The summed E-state index contributed by atoms with van der Waals surface area (Å²) in [6, 6.07) is 5.05. The van der Waals surface area contributed by atoms with Crippen molar-refractivity contribution in [2.75, 3.05) is 24.2 Å². The molecule has 0 amide bonds. The summed E-state index contributed by atoms with van der Waals surface area (Å²) in [6.45, 7) is 1.60. The van der Waals surface area contributed by atoms with E-state index in [0.29, 0.717) is 5.82 Å². The van der Waals surface area contributed by atoms with Gasteiger partial charge in [-0.05, 0) is 43.2 Å². The first-order chi connectivity index (χ1) is 10.3. The number of nitrogens with zero attached hydrogens (tertiary/aromatic N) is 2. The second-order valence-electron chi connectivity index (χ2n) is 6.54. The maximum atomic E-state index is 11.6. The second-order valence-corrected chi connectivity index (χ2v) is 8.50. The summed E-state index contributed by atoms with van der Waals surface area (Å²) in [7, 11) is -3.30. The fourth-order valence-electron chi connectivity index (χ4n) is 3.57. The van der Waals surface area contributed by atoms with Crippen molar-refractivity contribution in [3.63, 3.8) is 0 Å². The normalized spacial score (nSPS) is 21.6. The minimum absolute atomic E-state index is 0.0971. The fraction of sp³-hybridized carbons (Fsp3) is 0.600. The third-order valence-electron chi connectivity index (χ3n) is 4.94. The lowest BCUT2D eigenvalue weighted by Gasteiger charge is -2.51. The molecule has 1 spiro atoms. The summed E-state index contributed by atoms with van der Waals surface area (Å²) in [6.07, 6.45) is 4.59. The Morgan fingerprint density at radius 1 is 1.32 bits per heavy atom. The minimum atomic E-state index is -3.30. The van der Waals surface area contributed by atoms with Crippen molar-refractivity contribution in [1.29, 1.82) is 0 Å². The largest absolute Gasteiger partial charge is 0.481 e. The van der Waals surface area contributed by atoms with E-state index in [0.717, 1.165) is 45.0 Å². The molecule has 2 aliphatic rings. The Hall–Kier alpha value is -1.63. The molecular formula is C15H20N2O4S. The van der Waals surface area contributed by atoms with Crippen LogP contribution in [0.2, 0.25) is 0 Å². The van der Waals surface area contributed by atoms with Gasteiger partial charge in [-0.3, -0.25) is 4.79 Å². The van der Waals surface area contributed by atoms with E-state index in [2.05, 4.69) is 9.88 Å². The summed E-state index contributed by atoms with van der Waals surface area (Å²) in [5.74, 6) is -0.180. The Labute approximate surface area is 130 Å². The molecule has 0 unspecified atom stereocenters. The van der Waals surface area contributed by atoms with Crippen molar-refractivity contribution in [3.8, 4) is 0 Å². The van der Waals surface area contributed by atoms with E-state index in [-0.39, 0.29) is 16.4 Å². The van der Waals surface area contributed by atoms with Gasteiger partial charge in [-0.1, -0.05) is 6.07 Å². The van der Waals surface area contributed by atoms with Crippen molar-refractivity contribution in [1.82, 2.24) is 4.98 Å². The SMILES string of the molecule is CS(=O)(=O)c1cccc(N2CCC3(CC2)CC(C(=O)O)C3)n1. The van der Waals surface area contributed by atoms with Gasteiger partial charge in [0.05, 0.1) is 5.92 Å². The molecular weight excluding hydrogens is 304 g/mol. The number of piperidine rings is 1. The zero-order chi connectivity index (χ0) is 16.0. The molecule has 3 rings (SSSR count). The van der Waals surface area contributed by atoms with Crippen LogP contribution in [0, 0.1) is 11.3 Å². The molecule has 1 aromatic rings. The number of hydrogen-bond donors (Lipinski definition) is 1. The molecule has 2 heterocycles. The molecule has 0 atom stereocenters.